The van der Waals surface area contributed by atoms with E-state index in [1.807, 2.05) is 0 Å². The monoisotopic (exact) mass is 187 g/mol. The molecule has 0 spiro atoms. The highest BCUT2D eigenvalue weighted by Crippen LogP contribution is 2.15. The Bertz CT molecular complexity index is 121. The Balaban J connectivity index is 2.18. The Morgan fingerprint density at radius 1 is 1.46 bits per heavy atom. The van der Waals surface area contributed by atoms with Gasteiger partial charge in [0.05, 0.1) is 12.2 Å². The summed E-state index contributed by atoms with van der Waals surface area (Å²) in [5, 5.41) is 0. The predicted molar refractivity (Wildman–Crippen MR) is 52.7 cm³/mol. The van der Waals surface area contributed by atoms with Gasteiger partial charge in [0.25, 0.3) is 0 Å². The molecule has 0 aromatic carbocycles. The van der Waals surface area contributed by atoms with Gasteiger partial charge in [-0.25, -0.2) is 0 Å². The molecule has 0 aromatic heterocycles. The van der Waals surface area contributed by atoms with E-state index in [9.17, 15) is 0 Å². The van der Waals surface area contributed by atoms with Crippen LogP contribution < -0.4 is 5.73 Å². The maximum atomic E-state index is 5.92. The van der Waals surface area contributed by atoms with Crippen LogP contribution in [0.5, 0.6) is 0 Å². The van der Waals surface area contributed by atoms with E-state index >= 15 is 0 Å². The number of hydrogen-bond acceptors (Lipinski definition) is 3. The highest BCUT2D eigenvalue weighted by Gasteiger charge is 2.17. The second-order valence-corrected chi connectivity index (χ2v) is 3.56. The summed E-state index contributed by atoms with van der Waals surface area (Å²) < 4.78 is 11.2. The van der Waals surface area contributed by atoms with E-state index in [4.69, 9.17) is 15.2 Å². The molecule has 1 aliphatic rings. The van der Waals surface area contributed by atoms with Gasteiger partial charge in [0, 0.05) is 13.2 Å². The van der Waals surface area contributed by atoms with Gasteiger partial charge in [-0.2, -0.15) is 0 Å². The molecule has 3 heteroatoms. The molecule has 1 heterocycles. The maximum absolute atomic E-state index is 5.92. The molecule has 3 nitrogen and oxygen atoms in total. The molecule has 0 aromatic rings. The highest BCUT2D eigenvalue weighted by atomic mass is 16.5. The lowest BCUT2D eigenvalue weighted by atomic mass is 10.1. The van der Waals surface area contributed by atoms with Crippen LogP contribution in [-0.4, -0.2) is 32.0 Å². The van der Waals surface area contributed by atoms with Crippen LogP contribution in [-0.2, 0) is 9.47 Å². The molecule has 1 saturated heterocycles. The van der Waals surface area contributed by atoms with Gasteiger partial charge < -0.3 is 15.2 Å². The summed E-state index contributed by atoms with van der Waals surface area (Å²) in [6.45, 7) is 4.58. The number of ether oxygens (including phenoxy) is 2. The minimum absolute atomic E-state index is 0.355. The molecular formula is C10H21NO2. The summed E-state index contributed by atoms with van der Waals surface area (Å²) >= 11 is 0. The Hall–Kier alpha value is -0.120. The molecule has 0 bridgehead atoms. The smallest absolute Gasteiger partial charge is 0.0622 e. The molecule has 0 aliphatic carbocycles. The van der Waals surface area contributed by atoms with Crippen molar-refractivity contribution in [2.24, 2.45) is 5.73 Å². The minimum Gasteiger partial charge on any atom is -0.381 e. The zero-order valence-corrected chi connectivity index (χ0v) is 8.50. The van der Waals surface area contributed by atoms with Crippen molar-refractivity contribution in [2.45, 2.75) is 44.8 Å². The standard InChI is InChI=1S/C10H21NO2/c1-2-9(3-6-11)13-10-4-7-12-8-5-10/h9-10H,2-8,11H2,1H3. The molecule has 0 saturated carbocycles. The fourth-order valence-corrected chi connectivity index (χ4v) is 1.64. The summed E-state index contributed by atoms with van der Waals surface area (Å²) in [5.41, 5.74) is 5.51. The molecular weight excluding hydrogens is 166 g/mol. The minimum atomic E-state index is 0.355. The lowest BCUT2D eigenvalue weighted by Crippen LogP contribution is -2.29. The first-order valence-electron chi connectivity index (χ1n) is 5.30. The summed E-state index contributed by atoms with van der Waals surface area (Å²) in [4.78, 5) is 0. The van der Waals surface area contributed by atoms with E-state index in [2.05, 4.69) is 6.92 Å². The first-order valence-corrected chi connectivity index (χ1v) is 5.30. The lowest BCUT2D eigenvalue weighted by Gasteiger charge is -2.27. The molecule has 2 N–H and O–H groups in total. The van der Waals surface area contributed by atoms with Crippen molar-refractivity contribution in [3.63, 3.8) is 0 Å². The van der Waals surface area contributed by atoms with Crippen molar-refractivity contribution in [1.29, 1.82) is 0 Å². The Kier molecular flexibility index (Phi) is 5.35. The Morgan fingerprint density at radius 2 is 2.15 bits per heavy atom. The van der Waals surface area contributed by atoms with Gasteiger partial charge in [-0.05, 0) is 32.2 Å². The zero-order chi connectivity index (χ0) is 9.52. The second-order valence-electron chi connectivity index (χ2n) is 3.56. The fourth-order valence-electron chi connectivity index (χ4n) is 1.64. The lowest BCUT2D eigenvalue weighted by molar-refractivity contribution is -0.0705. The van der Waals surface area contributed by atoms with E-state index in [-0.39, 0.29) is 0 Å². The number of hydrogen-bond donors (Lipinski definition) is 1. The van der Waals surface area contributed by atoms with Crippen molar-refractivity contribution in [2.75, 3.05) is 19.8 Å². The predicted octanol–water partition coefficient (Wildman–Crippen LogP) is 1.31. The molecule has 0 radical (unpaired) electrons. The van der Waals surface area contributed by atoms with Crippen LogP contribution in [0.4, 0.5) is 0 Å². The molecule has 1 rings (SSSR count). The van der Waals surface area contributed by atoms with Gasteiger partial charge in [-0.1, -0.05) is 6.92 Å². The fraction of sp³-hybridized carbons (Fsp3) is 1.00. The van der Waals surface area contributed by atoms with E-state index in [1.165, 1.54) is 0 Å². The zero-order valence-electron chi connectivity index (χ0n) is 8.50. The van der Waals surface area contributed by atoms with Crippen molar-refractivity contribution >= 4 is 0 Å². The Morgan fingerprint density at radius 3 is 2.69 bits per heavy atom. The molecule has 1 fully saturated rings. The summed E-state index contributed by atoms with van der Waals surface area (Å²) in [5.74, 6) is 0. The third-order valence-electron chi connectivity index (χ3n) is 2.50. The number of rotatable bonds is 5. The van der Waals surface area contributed by atoms with Gasteiger partial charge in [0.1, 0.15) is 0 Å². The van der Waals surface area contributed by atoms with Gasteiger partial charge >= 0.3 is 0 Å². The van der Waals surface area contributed by atoms with Crippen LogP contribution in [0.25, 0.3) is 0 Å². The first-order chi connectivity index (χ1) is 6.36. The van der Waals surface area contributed by atoms with Crippen LogP contribution in [0.15, 0.2) is 0 Å². The summed E-state index contributed by atoms with van der Waals surface area (Å²) in [6.07, 6.45) is 4.89. The van der Waals surface area contributed by atoms with Gasteiger partial charge in [0.15, 0.2) is 0 Å². The highest BCUT2D eigenvalue weighted by molar-refractivity contribution is 4.66. The number of nitrogens with two attached hydrogens (primary N) is 1. The third kappa shape index (κ3) is 4.07. The van der Waals surface area contributed by atoms with Gasteiger partial charge in [-0.3, -0.25) is 0 Å². The van der Waals surface area contributed by atoms with Crippen molar-refractivity contribution < 1.29 is 9.47 Å². The molecule has 0 amide bonds. The quantitative estimate of drug-likeness (QED) is 0.705. The van der Waals surface area contributed by atoms with Gasteiger partial charge in [-0.15, -0.1) is 0 Å². The molecule has 78 valence electrons. The molecule has 1 unspecified atom stereocenters. The van der Waals surface area contributed by atoms with E-state index < -0.39 is 0 Å². The second kappa shape index (κ2) is 6.35. The maximum Gasteiger partial charge on any atom is 0.0622 e. The SMILES string of the molecule is CCC(CCN)OC1CCOCC1. The van der Waals surface area contributed by atoms with E-state index in [0.29, 0.717) is 12.2 Å². The first kappa shape index (κ1) is 11.0. The average Bonchev–Trinajstić information content (AvgIpc) is 2.19. The topological polar surface area (TPSA) is 44.5 Å². The van der Waals surface area contributed by atoms with Crippen molar-refractivity contribution in [1.82, 2.24) is 0 Å². The van der Waals surface area contributed by atoms with Gasteiger partial charge in [0.2, 0.25) is 0 Å². The normalized spacial score (nSPS) is 21.7. The van der Waals surface area contributed by atoms with Crippen LogP contribution in [0, 0.1) is 0 Å². The Labute approximate surface area is 80.6 Å². The molecule has 1 aliphatic heterocycles. The van der Waals surface area contributed by atoms with Crippen molar-refractivity contribution in [3.05, 3.63) is 0 Å². The molecule has 1 atom stereocenters. The van der Waals surface area contributed by atoms with E-state index in [1.54, 1.807) is 0 Å². The third-order valence-corrected chi connectivity index (χ3v) is 2.50. The summed E-state index contributed by atoms with van der Waals surface area (Å²) in [6, 6.07) is 0. The van der Waals surface area contributed by atoms with Crippen LogP contribution in [0.1, 0.15) is 32.6 Å². The largest absolute Gasteiger partial charge is 0.381 e. The summed E-state index contributed by atoms with van der Waals surface area (Å²) in [7, 11) is 0. The van der Waals surface area contributed by atoms with Crippen molar-refractivity contribution in [3.8, 4) is 0 Å². The van der Waals surface area contributed by atoms with Crippen LogP contribution >= 0.6 is 0 Å². The average molecular weight is 187 g/mol. The van der Waals surface area contributed by atoms with E-state index in [0.717, 1.165) is 45.4 Å². The van der Waals surface area contributed by atoms with Crippen LogP contribution in [0.3, 0.4) is 0 Å². The van der Waals surface area contributed by atoms with Crippen LogP contribution in [0.2, 0.25) is 0 Å². The molecule has 13 heavy (non-hydrogen) atoms.